The maximum absolute atomic E-state index is 11.6. The molecule has 24 heavy (non-hydrogen) atoms. The molecule has 0 aliphatic heterocycles. The molecule has 0 aliphatic rings. The van der Waals surface area contributed by atoms with Crippen molar-refractivity contribution in [3.05, 3.63) is 0 Å². The normalized spacial score (nSPS) is 11.2. The van der Waals surface area contributed by atoms with E-state index < -0.39 is 0 Å². The smallest absolute Gasteiger partial charge is 0.135 e. The number of ether oxygens (including phenoxy) is 3. The summed E-state index contributed by atoms with van der Waals surface area (Å²) in [6.07, 6.45) is 3.82. The van der Waals surface area contributed by atoms with Crippen LogP contribution < -0.4 is 5.73 Å². The van der Waals surface area contributed by atoms with Crippen molar-refractivity contribution in [2.24, 2.45) is 11.7 Å². The number of ketones is 2. The first-order valence-electron chi connectivity index (χ1n) is 9.05. The van der Waals surface area contributed by atoms with E-state index in [1.165, 1.54) is 0 Å². The predicted octanol–water partition coefficient (Wildman–Crippen LogP) is 2.13. The maximum atomic E-state index is 11.6. The van der Waals surface area contributed by atoms with E-state index >= 15 is 0 Å². The molecule has 0 radical (unpaired) electrons. The Morgan fingerprint density at radius 2 is 1.29 bits per heavy atom. The third-order valence-electron chi connectivity index (χ3n) is 3.53. The molecule has 0 aromatic carbocycles. The lowest BCUT2D eigenvalue weighted by atomic mass is 10.0. The van der Waals surface area contributed by atoms with Gasteiger partial charge >= 0.3 is 0 Å². The standard InChI is InChI=1S/C18H35NO5/c1-16(2)18(21)8-7-17(20)6-3-4-10-22-12-14-24-15-13-23-11-5-9-19/h16H,3-15,19H2,1-2H3. The van der Waals surface area contributed by atoms with Crippen molar-refractivity contribution in [2.75, 3.05) is 46.2 Å². The highest BCUT2D eigenvalue weighted by molar-refractivity contribution is 5.86. The van der Waals surface area contributed by atoms with Gasteiger partial charge in [-0.1, -0.05) is 13.8 Å². The fraction of sp³-hybridized carbons (Fsp3) is 0.889. The summed E-state index contributed by atoms with van der Waals surface area (Å²) in [5.41, 5.74) is 5.35. The van der Waals surface area contributed by atoms with Crippen LogP contribution >= 0.6 is 0 Å². The summed E-state index contributed by atoms with van der Waals surface area (Å²) in [6.45, 7) is 7.95. The molecule has 2 N–H and O–H groups in total. The topological polar surface area (TPSA) is 87.9 Å². The Labute approximate surface area is 146 Å². The van der Waals surface area contributed by atoms with Gasteiger partial charge in [-0.15, -0.1) is 0 Å². The van der Waals surface area contributed by atoms with Crippen LogP contribution in [0, 0.1) is 5.92 Å². The highest BCUT2D eigenvalue weighted by atomic mass is 16.5. The molecule has 0 rings (SSSR count). The van der Waals surface area contributed by atoms with E-state index in [4.69, 9.17) is 19.9 Å². The first kappa shape index (κ1) is 23.2. The Bertz CT molecular complexity index is 321. The van der Waals surface area contributed by atoms with E-state index in [-0.39, 0.29) is 17.5 Å². The van der Waals surface area contributed by atoms with Gasteiger partial charge in [-0.05, 0) is 25.8 Å². The molecule has 0 aliphatic carbocycles. The van der Waals surface area contributed by atoms with Gasteiger partial charge in [-0.2, -0.15) is 0 Å². The molecular formula is C18H35NO5. The van der Waals surface area contributed by atoms with E-state index in [0.717, 1.165) is 19.3 Å². The van der Waals surface area contributed by atoms with Crippen molar-refractivity contribution in [1.29, 1.82) is 0 Å². The zero-order valence-electron chi connectivity index (χ0n) is 15.4. The van der Waals surface area contributed by atoms with E-state index in [1.807, 2.05) is 13.8 Å². The number of Topliss-reactive ketones (excluding diaryl/α,β-unsaturated/α-hetero) is 2. The minimum atomic E-state index is 0.0194. The van der Waals surface area contributed by atoms with Gasteiger partial charge in [0.1, 0.15) is 11.6 Å². The summed E-state index contributed by atoms with van der Waals surface area (Å²) in [5.74, 6) is 0.351. The van der Waals surface area contributed by atoms with Gasteiger partial charge in [0.05, 0.1) is 26.4 Å². The molecule has 0 unspecified atom stereocenters. The van der Waals surface area contributed by atoms with Crippen molar-refractivity contribution in [3.63, 3.8) is 0 Å². The molecule has 0 fully saturated rings. The zero-order chi connectivity index (χ0) is 18.0. The molecular weight excluding hydrogens is 310 g/mol. The van der Waals surface area contributed by atoms with Crippen LogP contribution in [0.1, 0.15) is 52.4 Å². The fourth-order valence-electron chi connectivity index (χ4n) is 1.93. The molecule has 142 valence electrons. The van der Waals surface area contributed by atoms with Crippen molar-refractivity contribution >= 4 is 11.6 Å². The average molecular weight is 345 g/mol. The molecule has 0 spiro atoms. The third kappa shape index (κ3) is 16.1. The summed E-state index contributed by atoms with van der Waals surface area (Å²) in [6, 6.07) is 0. The van der Waals surface area contributed by atoms with Crippen molar-refractivity contribution in [2.45, 2.75) is 52.4 Å². The molecule has 0 bridgehead atoms. The Kier molecular flexibility index (Phi) is 16.4. The number of carbonyl (C=O) groups excluding carboxylic acids is 2. The second-order valence-electron chi connectivity index (χ2n) is 6.10. The average Bonchev–Trinajstić information content (AvgIpc) is 2.56. The van der Waals surface area contributed by atoms with Crippen LogP contribution in [0.4, 0.5) is 0 Å². The minimum absolute atomic E-state index is 0.0194. The molecule has 0 saturated heterocycles. The van der Waals surface area contributed by atoms with Gasteiger partial charge in [-0.25, -0.2) is 0 Å². The minimum Gasteiger partial charge on any atom is -0.379 e. The predicted molar refractivity (Wildman–Crippen MR) is 94.1 cm³/mol. The molecule has 6 heteroatoms. The first-order valence-corrected chi connectivity index (χ1v) is 9.05. The number of hydrogen-bond acceptors (Lipinski definition) is 6. The Morgan fingerprint density at radius 3 is 1.83 bits per heavy atom. The number of rotatable bonds is 18. The maximum Gasteiger partial charge on any atom is 0.135 e. The van der Waals surface area contributed by atoms with Gasteiger partial charge in [0, 0.05) is 38.4 Å². The second kappa shape index (κ2) is 17.0. The highest BCUT2D eigenvalue weighted by Gasteiger charge is 2.10. The van der Waals surface area contributed by atoms with Crippen LogP contribution in [0.15, 0.2) is 0 Å². The molecule has 0 aromatic rings. The summed E-state index contributed by atoms with van der Waals surface area (Å²) >= 11 is 0. The van der Waals surface area contributed by atoms with Crippen molar-refractivity contribution in [1.82, 2.24) is 0 Å². The van der Waals surface area contributed by atoms with E-state index in [1.54, 1.807) is 0 Å². The summed E-state index contributed by atoms with van der Waals surface area (Å²) in [5, 5.41) is 0. The molecule has 0 saturated carbocycles. The van der Waals surface area contributed by atoms with Crippen LogP contribution in [0.5, 0.6) is 0 Å². The summed E-state index contributed by atoms with van der Waals surface area (Å²) < 4.78 is 16.1. The SMILES string of the molecule is CC(C)C(=O)CCC(=O)CCCCOCCOCCOCCCN. The quantitative estimate of drug-likeness (QED) is 0.383. The summed E-state index contributed by atoms with van der Waals surface area (Å²) in [7, 11) is 0. The molecule has 6 nitrogen and oxygen atoms in total. The van der Waals surface area contributed by atoms with Crippen LogP contribution in [0.25, 0.3) is 0 Å². The van der Waals surface area contributed by atoms with E-state index in [2.05, 4.69) is 0 Å². The lowest BCUT2D eigenvalue weighted by molar-refractivity contribution is -0.126. The monoisotopic (exact) mass is 345 g/mol. The lowest BCUT2D eigenvalue weighted by Crippen LogP contribution is -2.11. The number of hydrogen-bond donors (Lipinski definition) is 1. The largest absolute Gasteiger partial charge is 0.379 e. The van der Waals surface area contributed by atoms with Gasteiger partial charge in [-0.3, -0.25) is 9.59 Å². The fourth-order valence-corrected chi connectivity index (χ4v) is 1.93. The zero-order valence-corrected chi connectivity index (χ0v) is 15.4. The van der Waals surface area contributed by atoms with Crippen LogP contribution in [0.3, 0.4) is 0 Å². The Morgan fingerprint density at radius 1 is 0.750 bits per heavy atom. The molecule has 0 atom stereocenters. The van der Waals surface area contributed by atoms with E-state index in [0.29, 0.717) is 65.4 Å². The van der Waals surface area contributed by atoms with Crippen LogP contribution in [0.2, 0.25) is 0 Å². The van der Waals surface area contributed by atoms with Gasteiger partial charge in [0.2, 0.25) is 0 Å². The van der Waals surface area contributed by atoms with Crippen LogP contribution in [-0.4, -0.2) is 57.8 Å². The molecule has 0 amide bonds. The second-order valence-corrected chi connectivity index (χ2v) is 6.10. The molecule has 0 heterocycles. The number of unbranched alkanes of at least 4 members (excludes halogenated alkanes) is 1. The van der Waals surface area contributed by atoms with Crippen molar-refractivity contribution < 1.29 is 23.8 Å². The number of carbonyl (C=O) groups is 2. The van der Waals surface area contributed by atoms with Gasteiger partial charge < -0.3 is 19.9 Å². The van der Waals surface area contributed by atoms with E-state index in [9.17, 15) is 9.59 Å². The lowest BCUT2D eigenvalue weighted by Gasteiger charge is -2.07. The molecule has 0 aromatic heterocycles. The first-order chi connectivity index (χ1) is 11.6. The Balaban J connectivity index is 3.22. The third-order valence-corrected chi connectivity index (χ3v) is 3.53. The summed E-state index contributed by atoms with van der Waals surface area (Å²) in [4.78, 5) is 23.1. The van der Waals surface area contributed by atoms with Gasteiger partial charge in [0.15, 0.2) is 0 Å². The van der Waals surface area contributed by atoms with Crippen molar-refractivity contribution in [3.8, 4) is 0 Å². The highest BCUT2D eigenvalue weighted by Crippen LogP contribution is 2.06. The van der Waals surface area contributed by atoms with Gasteiger partial charge in [0.25, 0.3) is 0 Å². The Hall–Kier alpha value is -0.820. The van der Waals surface area contributed by atoms with Crippen LogP contribution in [-0.2, 0) is 23.8 Å². The number of nitrogens with two attached hydrogens (primary N) is 1.